The van der Waals surface area contributed by atoms with E-state index in [0.29, 0.717) is 0 Å². The van der Waals surface area contributed by atoms with Crippen molar-refractivity contribution in [2.45, 2.75) is 31.6 Å². The summed E-state index contributed by atoms with van der Waals surface area (Å²) in [5.41, 5.74) is 5.61. The average Bonchev–Trinajstić information content (AvgIpc) is 2.28. The van der Waals surface area contributed by atoms with Crippen LogP contribution in [-0.2, 0) is 0 Å². The van der Waals surface area contributed by atoms with Gasteiger partial charge in [0, 0.05) is 5.56 Å². The van der Waals surface area contributed by atoms with Crippen LogP contribution in [0.3, 0.4) is 0 Å². The zero-order chi connectivity index (χ0) is 13.9. The van der Waals surface area contributed by atoms with E-state index in [4.69, 9.17) is 5.73 Å². The van der Waals surface area contributed by atoms with E-state index in [0.717, 1.165) is 6.07 Å². The second-order valence-electron chi connectivity index (χ2n) is 3.77. The Bertz CT molecular complexity index is 404. The van der Waals surface area contributed by atoms with Crippen LogP contribution >= 0.6 is 12.4 Å². The molecule has 3 nitrogen and oxygen atoms in total. The van der Waals surface area contributed by atoms with Crippen LogP contribution in [0.2, 0.25) is 0 Å². The van der Waals surface area contributed by atoms with Gasteiger partial charge in [0.15, 0.2) is 0 Å². The fourth-order valence-corrected chi connectivity index (χ4v) is 1.30. The first kappa shape index (κ1) is 17.9. The van der Waals surface area contributed by atoms with Crippen LogP contribution in [0, 0.1) is 0 Å². The molecular weight excluding hydrogens is 290 g/mol. The first-order chi connectivity index (χ1) is 8.25. The predicted octanol–water partition coefficient (Wildman–Crippen LogP) is 2.73. The molecular formula is C11H14ClF4NO2. The van der Waals surface area contributed by atoms with Crippen molar-refractivity contribution >= 4 is 12.4 Å². The highest BCUT2D eigenvalue weighted by molar-refractivity contribution is 5.85. The second-order valence-corrected chi connectivity index (χ2v) is 3.77. The van der Waals surface area contributed by atoms with Gasteiger partial charge in [-0.2, -0.15) is 17.6 Å². The normalized spacial score (nSPS) is 14.7. The molecule has 0 saturated carbocycles. The number of aliphatic hydroxyl groups excluding tert-OH is 1. The molecule has 19 heavy (non-hydrogen) atoms. The van der Waals surface area contributed by atoms with Crippen LogP contribution in [0.1, 0.15) is 18.5 Å². The zero-order valence-corrected chi connectivity index (χ0v) is 10.7. The molecule has 110 valence electrons. The molecule has 0 saturated heterocycles. The second kappa shape index (κ2) is 6.93. The van der Waals surface area contributed by atoms with Crippen LogP contribution in [0.25, 0.3) is 0 Å². The van der Waals surface area contributed by atoms with E-state index in [9.17, 15) is 22.7 Å². The Kier molecular flexibility index (Phi) is 6.54. The number of alkyl halides is 4. The summed E-state index contributed by atoms with van der Waals surface area (Å²) < 4.78 is 53.7. The van der Waals surface area contributed by atoms with Gasteiger partial charge in [0.05, 0.1) is 12.1 Å². The molecule has 3 N–H and O–H groups in total. The van der Waals surface area contributed by atoms with Crippen molar-refractivity contribution in [2.75, 3.05) is 0 Å². The number of aliphatic hydroxyl groups is 1. The largest absolute Gasteiger partial charge is 0.461 e. The van der Waals surface area contributed by atoms with E-state index in [1.807, 2.05) is 0 Å². The molecule has 0 fully saturated rings. The number of benzene rings is 1. The molecule has 0 aliphatic heterocycles. The van der Waals surface area contributed by atoms with Crippen molar-refractivity contribution in [3.8, 4) is 5.75 Å². The van der Waals surface area contributed by atoms with Gasteiger partial charge in [0.25, 0.3) is 0 Å². The van der Waals surface area contributed by atoms with E-state index in [2.05, 4.69) is 4.74 Å². The lowest BCUT2D eigenvalue weighted by Gasteiger charge is -2.22. The van der Waals surface area contributed by atoms with Crippen molar-refractivity contribution < 1.29 is 27.4 Å². The van der Waals surface area contributed by atoms with Gasteiger partial charge in [-0.15, -0.1) is 12.4 Å². The van der Waals surface area contributed by atoms with Crippen LogP contribution in [-0.4, -0.2) is 23.7 Å². The summed E-state index contributed by atoms with van der Waals surface area (Å²) in [4.78, 5) is 0. The summed E-state index contributed by atoms with van der Waals surface area (Å²) in [5.74, 6) is -0.476. The SMILES string of the molecule is C[C@@H](O)[C@@H](N)c1ccccc1OC(F)(F)C(F)F.Cl. The van der Waals surface area contributed by atoms with Crippen LogP contribution in [0.5, 0.6) is 5.75 Å². The highest BCUT2D eigenvalue weighted by Gasteiger charge is 2.44. The molecule has 0 unspecified atom stereocenters. The third kappa shape index (κ3) is 4.52. The Hall–Kier alpha value is -1.05. The van der Waals surface area contributed by atoms with Crippen LogP contribution in [0.4, 0.5) is 17.6 Å². The molecule has 0 aliphatic carbocycles. The lowest BCUT2D eigenvalue weighted by molar-refractivity contribution is -0.253. The average molecular weight is 304 g/mol. The summed E-state index contributed by atoms with van der Waals surface area (Å²) in [6, 6.07) is 4.23. The Morgan fingerprint density at radius 1 is 1.26 bits per heavy atom. The highest BCUT2D eigenvalue weighted by Crippen LogP contribution is 2.32. The van der Waals surface area contributed by atoms with Crippen molar-refractivity contribution in [3.63, 3.8) is 0 Å². The smallest absolute Gasteiger partial charge is 0.428 e. The predicted molar refractivity (Wildman–Crippen MR) is 63.9 cm³/mol. The minimum atomic E-state index is -4.60. The van der Waals surface area contributed by atoms with Gasteiger partial charge in [-0.25, -0.2) is 0 Å². The minimum Gasteiger partial charge on any atom is -0.428 e. The zero-order valence-electron chi connectivity index (χ0n) is 9.89. The molecule has 0 spiro atoms. The van der Waals surface area contributed by atoms with E-state index >= 15 is 0 Å². The Morgan fingerprint density at radius 3 is 2.26 bits per heavy atom. The molecule has 2 atom stereocenters. The van der Waals surface area contributed by atoms with Crippen molar-refractivity contribution in [2.24, 2.45) is 5.73 Å². The van der Waals surface area contributed by atoms with Gasteiger partial charge in [-0.1, -0.05) is 18.2 Å². The molecule has 0 aromatic heterocycles. The maximum atomic E-state index is 12.8. The van der Waals surface area contributed by atoms with Gasteiger partial charge in [-0.3, -0.25) is 0 Å². The molecule has 0 bridgehead atoms. The first-order valence-electron chi connectivity index (χ1n) is 5.13. The lowest BCUT2D eigenvalue weighted by atomic mass is 10.0. The molecule has 1 aromatic carbocycles. The van der Waals surface area contributed by atoms with Gasteiger partial charge >= 0.3 is 12.5 Å². The summed E-state index contributed by atoms with van der Waals surface area (Å²) in [7, 11) is 0. The summed E-state index contributed by atoms with van der Waals surface area (Å²) in [6.07, 6.45) is -9.59. The maximum Gasteiger partial charge on any atom is 0.461 e. The highest BCUT2D eigenvalue weighted by atomic mass is 35.5. The maximum absolute atomic E-state index is 12.8. The first-order valence-corrected chi connectivity index (χ1v) is 5.13. The lowest BCUT2D eigenvalue weighted by Crippen LogP contribution is -2.34. The number of para-hydroxylation sites is 1. The van der Waals surface area contributed by atoms with E-state index < -0.39 is 30.4 Å². The third-order valence-electron chi connectivity index (χ3n) is 2.30. The van der Waals surface area contributed by atoms with Gasteiger partial charge in [0.1, 0.15) is 5.75 Å². The van der Waals surface area contributed by atoms with E-state index in [-0.39, 0.29) is 18.0 Å². The van der Waals surface area contributed by atoms with Gasteiger partial charge < -0.3 is 15.6 Å². The molecule has 0 radical (unpaired) electrons. The fraction of sp³-hybridized carbons (Fsp3) is 0.455. The number of ether oxygens (including phenoxy) is 1. The Morgan fingerprint density at radius 2 is 1.79 bits per heavy atom. The number of nitrogens with two attached hydrogens (primary N) is 1. The number of hydrogen-bond donors (Lipinski definition) is 2. The monoisotopic (exact) mass is 303 g/mol. The topological polar surface area (TPSA) is 55.5 Å². The molecule has 0 heterocycles. The van der Waals surface area contributed by atoms with E-state index in [1.54, 1.807) is 0 Å². The van der Waals surface area contributed by atoms with Crippen molar-refractivity contribution in [3.05, 3.63) is 29.8 Å². The molecule has 8 heteroatoms. The number of rotatable bonds is 5. The van der Waals surface area contributed by atoms with Crippen LogP contribution in [0.15, 0.2) is 24.3 Å². The molecule has 1 aromatic rings. The standard InChI is InChI=1S/C11H13F4NO2.ClH/c1-6(17)9(16)7-4-2-3-5-8(7)18-11(14,15)10(12)13;/h2-6,9-10,17H,16H2,1H3;1H/t6-,9-;/m1./s1. The Balaban J connectivity index is 0.00000324. The fourth-order valence-electron chi connectivity index (χ4n) is 1.30. The number of hydrogen-bond acceptors (Lipinski definition) is 3. The summed E-state index contributed by atoms with van der Waals surface area (Å²) >= 11 is 0. The van der Waals surface area contributed by atoms with Crippen molar-refractivity contribution in [1.82, 2.24) is 0 Å². The van der Waals surface area contributed by atoms with Crippen molar-refractivity contribution in [1.29, 1.82) is 0 Å². The van der Waals surface area contributed by atoms with Gasteiger partial charge in [0.2, 0.25) is 0 Å². The summed E-state index contributed by atoms with van der Waals surface area (Å²) in [5, 5.41) is 9.29. The van der Waals surface area contributed by atoms with E-state index in [1.165, 1.54) is 25.1 Å². The van der Waals surface area contributed by atoms with Gasteiger partial charge in [-0.05, 0) is 13.0 Å². The molecule has 1 rings (SSSR count). The molecule has 0 aliphatic rings. The summed E-state index contributed by atoms with van der Waals surface area (Å²) in [6.45, 7) is 1.35. The Labute approximate surface area is 113 Å². The van der Waals surface area contributed by atoms with Crippen LogP contribution < -0.4 is 10.5 Å². The third-order valence-corrected chi connectivity index (χ3v) is 2.30. The quantitative estimate of drug-likeness (QED) is 0.822. The number of halogens is 5. The molecule has 0 amide bonds. The minimum absolute atomic E-state index is 0.